The van der Waals surface area contributed by atoms with Crippen molar-refractivity contribution in [2.24, 2.45) is 10.9 Å². The molecule has 2 aromatic rings. The van der Waals surface area contributed by atoms with Crippen LogP contribution in [0.4, 0.5) is 5.95 Å². The Morgan fingerprint density at radius 3 is 2.52 bits per heavy atom. The number of rotatable bonds is 6. The van der Waals surface area contributed by atoms with E-state index in [9.17, 15) is 0 Å². The second-order valence-corrected chi connectivity index (χ2v) is 7.08. The highest BCUT2D eigenvalue weighted by atomic mass is 15.4. The van der Waals surface area contributed by atoms with E-state index in [1.54, 1.807) is 12.4 Å². The lowest BCUT2D eigenvalue weighted by Crippen LogP contribution is -2.53. The van der Waals surface area contributed by atoms with E-state index in [0.29, 0.717) is 12.5 Å². The molecule has 27 heavy (non-hydrogen) atoms. The van der Waals surface area contributed by atoms with Crippen molar-refractivity contribution < 1.29 is 0 Å². The average molecular weight is 371 g/mol. The van der Waals surface area contributed by atoms with E-state index in [2.05, 4.69) is 55.4 Å². The highest BCUT2D eigenvalue weighted by Crippen LogP contribution is 2.10. The molecule has 0 spiro atoms. The number of anilines is 1. The van der Waals surface area contributed by atoms with E-state index < -0.39 is 0 Å². The lowest BCUT2D eigenvalue weighted by atomic mass is 10.2. The number of aliphatic imine (C=N–C) groups is 1. The molecular formula is C19H30N8. The van der Waals surface area contributed by atoms with E-state index >= 15 is 0 Å². The lowest BCUT2D eigenvalue weighted by Gasteiger charge is -2.36. The fraction of sp³-hybridized carbons (Fsp3) is 0.579. The molecule has 1 aliphatic heterocycles. The van der Waals surface area contributed by atoms with E-state index in [4.69, 9.17) is 4.99 Å². The minimum atomic E-state index is 0.587. The maximum atomic E-state index is 4.84. The summed E-state index contributed by atoms with van der Waals surface area (Å²) in [6.45, 7) is 12.5. The minimum Gasteiger partial charge on any atom is -0.357 e. The van der Waals surface area contributed by atoms with Crippen LogP contribution in [0.2, 0.25) is 0 Å². The second kappa shape index (κ2) is 9.34. The van der Waals surface area contributed by atoms with Crippen LogP contribution in [0, 0.1) is 5.92 Å². The van der Waals surface area contributed by atoms with Gasteiger partial charge in [-0.05, 0) is 18.9 Å². The van der Waals surface area contributed by atoms with Crippen LogP contribution in [0.25, 0.3) is 0 Å². The van der Waals surface area contributed by atoms with Gasteiger partial charge >= 0.3 is 0 Å². The molecule has 3 heterocycles. The smallest absolute Gasteiger partial charge is 0.225 e. The Balaban J connectivity index is 1.62. The van der Waals surface area contributed by atoms with Gasteiger partial charge in [0.1, 0.15) is 12.4 Å². The van der Waals surface area contributed by atoms with Gasteiger partial charge in [-0.1, -0.05) is 13.8 Å². The van der Waals surface area contributed by atoms with Gasteiger partial charge in [0.05, 0.1) is 0 Å². The molecule has 0 radical (unpaired) electrons. The Hall–Kier alpha value is -2.64. The maximum absolute atomic E-state index is 4.84. The Morgan fingerprint density at radius 1 is 1.11 bits per heavy atom. The van der Waals surface area contributed by atoms with Crippen LogP contribution in [0.5, 0.6) is 0 Å². The van der Waals surface area contributed by atoms with Crippen LogP contribution < -0.4 is 10.2 Å². The monoisotopic (exact) mass is 370 g/mol. The summed E-state index contributed by atoms with van der Waals surface area (Å²) in [5, 5.41) is 3.42. The Morgan fingerprint density at radius 2 is 1.85 bits per heavy atom. The van der Waals surface area contributed by atoms with Crippen molar-refractivity contribution in [3.8, 4) is 0 Å². The molecule has 0 unspecified atom stereocenters. The van der Waals surface area contributed by atoms with Gasteiger partial charge in [0.2, 0.25) is 5.95 Å². The van der Waals surface area contributed by atoms with Crippen LogP contribution >= 0.6 is 0 Å². The molecule has 0 aromatic carbocycles. The van der Waals surface area contributed by atoms with Gasteiger partial charge in [-0.25, -0.2) is 19.9 Å². The first-order valence-electron chi connectivity index (χ1n) is 9.72. The predicted octanol–water partition coefficient (Wildman–Crippen LogP) is 1.62. The zero-order valence-electron chi connectivity index (χ0n) is 16.5. The zero-order valence-corrected chi connectivity index (χ0v) is 16.5. The van der Waals surface area contributed by atoms with E-state index in [-0.39, 0.29) is 0 Å². The highest BCUT2D eigenvalue weighted by Gasteiger charge is 2.21. The third-order valence-electron chi connectivity index (χ3n) is 4.48. The topological polar surface area (TPSA) is 74.5 Å². The van der Waals surface area contributed by atoms with E-state index in [0.717, 1.165) is 57.0 Å². The normalized spacial score (nSPS) is 15.5. The summed E-state index contributed by atoms with van der Waals surface area (Å²) in [5.74, 6) is 3.35. The molecular weight excluding hydrogens is 340 g/mol. The first-order chi connectivity index (χ1) is 13.2. The molecule has 146 valence electrons. The first-order valence-corrected chi connectivity index (χ1v) is 9.72. The van der Waals surface area contributed by atoms with Crippen LogP contribution in [0.15, 0.2) is 35.8 Å². The summed E-state index contributed by atoms with van der Waals surface area (Å²) in [6, 6.07) is 1.85. The fourth-order valence-corrected chi connectivity index (χ4v) is 3.20. The molecule has 0 bridgehead atoms. The molecule has 0 saturated carbocycles. The number of hydrogen-bond acceptors (Lipinski definition) is 5. The van der Waals surface area contributed by atoms with Gasteiger partial charge < -0.3 is 19.7 Å². The Kier molecular flexibility index (Phi) is 6.62. The zero-order chi connectivity index (χ0) is 19.1. The van der Waals surface area contributed by atoms with Crippen molar-refractivity contribution in [1.82, 2.24) is 29.7 Å². The van der Waals surface area contributed by atoms with Crippen LogP contribution in [0.3, 0.4) is 0 Å². The molecule has 0 amide bonds. The molecule has 1 fully saturated rings. The number of nitrogens with one attached hydrogen (secondary N) is 1. The summed E-state index contributed by atoms with van der Waals surface area (Å²) < 4.78 is 2.20. The predicted molar refractivity (Wildman–Crippen MR) is 108 cm³/mol. The summed E-state index contributed by atoms with van der Waals surface area (Å²) in [7, 11) is 0. The van der Waals surface area contributed by atoms with Crippen molar-refractivity contribution in [2.75, 3.05) is 37.6 Å². The molecule has 0 aliphatic carbocycles. The molecule has 8 heteroatoms. The molecule has 1 saturated heterocycles. The molecule has 2 aromatic heterocycles. The minimum absolute atomic E-state index is 0.587. The van der Waals surface area contributed by atoms with Gasteiger partial charge in [-0.2, -0.15) is 0 Å². The van der Waals surface area contributed by atoms with Gasteiger partial charge in [0.25, 0.3) is 0 Å². The quantitative estimate of drug-likeness (QED) is 0.615. The van der Waals surface area contributed by atoms with Gasteiger partial charge in [0.15, 0.2) is 5.96 Å². The average Bonchev–Trinajstić information content (AvgIpc) is 3.12. The fourth-order valence-electron chi connectivity index (χ4n) is 3.20. The van der Waals surface area contributed by atoms with E-state index in [1.165, 1.54) is 0 Å². The van der Waals surface area contributed by atoms with Gasteiger partial charge in [-0.3, -0.25) is 0 Å². The number of nitrogens with zero attached hydrogens (tertiary/aromatic N) is 7. The summed E-state index contributed by atoms with van der Waals surface area (Å²) in [4.78, 5) is 22.6. The SMILES string of the molecule is CCNC(=NCc1nccn1CC(C)C)N1CCN(c2ncccn2)CC1. The number of hydrogen-bond donors (Lipinski definition) is 1. The Labute approximate surface area is 161 Å². The van der Waals surface area contributed by atoms with Crippen LogP contribution in [-0.2, 0) is 13.1 Å². The molecule has 3 rings (SSSR count). The largest absolute Gasteiger partial charge is 0.357 e. The molecule has 1 N–H and O–H groups in total. The third kappa shape index (κ3) is 5.18. The lowest BCUT2D eigenvalue weighted by molar-refractivity contribution is 0.369. The van der Waals surface area contributed by atoms with Crippen molar-refractivity contribution >= 4 is 11.9 Å². The molecule has 0 atom stereocenters. The molecule has 1 aliphatic rings. The summed E-state index contributed by atoms with van der Waals surface area (Å²) >= 11 is 0. The first kappa shape index (κ1) is 19.1. The Bertz CT molecular complexity index is 716. The van der Waals surface area contributed by atoms with E-state index in [1.807, 2.05) is 18.5 Å². The number of aromatic nitrogens is 4. The van der Waals surface area contributed by atoms with Crippen LogP contribution in [0.1, 0.15) is 26.6 Å². The highest BCUT2D eigenvalue weighted by molar-refractivity contribution is 5.80. The number of imidazole rings is 1. The maximum Gasteiger partial charge on any atom is 0.225 e. The van der Waals surface area contributed by atoms with Crippen molar-refractivity contribution in [3.05, 3.63) is 36.7 Å². The van der Waals surface area contributed by atoms with Crippen molar-refractivity contribution in [2.45, 2.75) is 33.9 Å². The summed E-state index contributed by atoms with van der Waals surface area (Å²) in [5.41, 5.74) is 0. The van der Waals surface area contributed by atoms with Crippen LogP contribution in [-0.4, -0.2) is 63.1 Å². The number of piperazine rings is 1. The summed E-state index contributed by atoms with van der Waals surface area (Å²) in [6.07, 6.45) is 7.48. The third-order valence-corrected chi connectivity index (χ3v) is 4.48. The van der Waals surface area contributed by atoms with Crippen molar-refractivity contribution in [3.63, 3.8) is 0 Å². The standard InChI is InChI=1S/C19H30N8/c1-4-20-18(24-14-17-21-8-9-27(17)15-16(2)3)25-10-12-26(13-11-25)19-22-6-5-7-23-19/h5-9,16H,4,10-15H2,1-3H3,(H,20,24). The second-order valence-electron chi connectivity index (χ2n) is 7.08. The number of guanidine groups is 1. The van der Waals surface area contributed by atoms with Gasteiger partial charge in [0, 0.05) is 64.1 Å². The van der Waals surface area contributed by atoms with Gasteiger partial charge in [-0.15, -0.1) is 0 Å². The van der Waals surface area contributed by atoms with Crippen molar-refractivity contribution in [1.29, 1.82) is 0 Å². The molecule has 8 nitrogen and oxygen atoms in total.